The third-order valence-electron chi connectivity index (χ3n) is 4.73. The minimum Gasteiger partial charge on any atom is -0.392 e. The molecule has 20 heavy (non-hydrogen) atoms. The number of aliphatic hydroxyl groups excluding tert-OH is 1. The SMILES string of the molecule is OC(CN1CCN(c2ccccn2)CC1)C1CCCC1. The third kappa shape index (κ3) is 3.30. The van der Waals surface area contributed by atoms with Gasteiger partial charge in [-0.25, -0.2) is 4.98 Å². The molecule has 1 saturated heterocycles. The molecule has 1 aromatic rings. The Morgan fingerprint density at radius 1 is 1.15 bits per heavy atom. The van der Waals surface area contributed by atoms with Crippen molar-refractivity contribution in [3.63, 3.8) is 0 Å². The van der Waals surface area contributed by atoms with Crippen LogP contribution in [0.4, 0.5) is 5.82 Å². The summed E-state index contributed by atoms with van der Waals surface area (Å²) in [6.45, 7) is 4.92. The summed E-state index contributed by atoms with van der Waals surface area (Å²) in [5, 5.41) is 10.3. The smallest absolute Gasteiger partial charge is 0.128 e. The number of β-amino-alcohol motifs (C(OH)–C–C–N with tert-alkyl or cyclic N) is 1. The van der Waals surface area contributed by atoms with Crippen molar-refractivity contribution in [2.24, 2.45) is 5.92 Å². The van der Waals surface area contributed by atoms with Gasteiger partial charge in [0.05, 0.1) is 6.10 Å². The van der Waals surface area contributed by atoms with Crippen molar-refractivity contribution in [2.45, 2.75) is 31.8 Å². The summed E-state index contributed by atoms with van der Waals surface area (Å²) in [5.41, 5.74) is 0. The van der Waals surface area contributed by atoms with Crippen molar-refractivity contribution in [1.82, 2.24) is 9.88 Å². The standard InChI is InChI=1S/C16H25N3O/c20-15(14-5-1-2-6-14)13-18-9-11-19(12-10-18)16-7-3-4-8-17-16/h3-4,7-8,14-15,20H,1-2,5-6,9-13H2. The van der Waals surface area contributed by atoms with E-state index in [2.05, 4.69) is 20.9 Å². The molecule has 0 spiro atoms. The first-order chi connectivity index (χ1) is 9.83. The van der Waals surface area contributed by atoms with Crippen LogP contribution in [0.3, 0.4) is 0 Å². The molecule has 1 unspecified atom stereocenters. The minimum absolute atomic E-state index is 0.126. The van der Waals surface area contributed by atoms with E-state index in [4.69, 9.17) is 0 Å². The predicted molar refractivity (Wildman–Crippen MR) is 80.9 cm³/mol. The van der Waals surface area contributed by atoms with E-state index in [1.807, 2.05) is 18.3 Å². The second-order valence-corrected chi connectivity index (χ2v) is 6.09. The quantitative estimate of drug-likeness (QED) is 0.909. The molecule has 1 N–H and O–H groups in total. The maximum absolute atomic E-state index is 10.3. The first-order valence-electron chi connectivity index (χ1n) is 7.89. The molecule has 0 amide bonds. The Labute approximate surface area is 121 Å². The van der Waals surface area contributed by atoms with Crippen molar-refractivity contribution in [3.8, 4) is 0 Å². The van der Waals surface area contributed by atoms with Gasteiger partial charge in [0, 0.05) is 38.9 Å². The molecule has 1 saturated carbocycles. The zero-order chi connectivity index (χ0) is 13.8. The fourth-order valence-corrected chi connectivity index (χ4v) is 3.46. The molecule has 0 bridgehead atoms. The van der Waals surface area contributed by atoms with Gasteiger partial charge in [-0.05, 0) is 30.9 Å². The van der Waals surface area contributed by atoms with Crippen molar-refractivity contribution in [2.75, 3.05) is 37.6 Å². The predicted octanol–water partition coefficient (Wildman–Crippen LogP) is 1.75. The lowest BCUT2D eigenvalue weighted by atomic mass is 10.0. The van der Waals surface area contributed by atoms with E-state index < -0.39 is 0 Å². The Kier molecular flexibility index (Phi) is 4.53. The number of piperazine rings is 1. The molecular formula is C16H25N3O. The normalized spacial score (nSPS) is 23.1. The molecule has 2 fully saturated rings. The first-order valence-corrected chi connectivity index (χ1v) is 7.89. The van der Waals surface area contributed by atoms with Crippen LogP contribution in [0, 0.1) is 5.92 Å². The Morgan fingerprint density at radius 3 is 2.55 bits per heavy atom. The molecule has 3 rings (SSSR count). The Morgan fingerprint density at radius 2 is 1.90 bits per heavy atom. The minimum atomic E-state index is -0.126. The lowest BCUT2D eigenvalue weighted by Crippen LogP contribution is -2.49. The lowest BCUT2D eigenvalue weighted by molar-refractivity contribution is 0.0635. The molecule has 4 nitrogen and oxygen atoms in total. The summed E-state index contributed by atoms with van der Waals surface area (Å²) in [5.74, 6) is 1.62. The Hall–Kier alpha value is -1.13. The van der Waals surface area contributed by atoms with Gasteiger partial charge in [-0.1, -0.05) is 18.9 Å². The van der Waals surface area contributed by atoms with E-state index in [1.165, 1.54) is 25.7 Å². The van der Waals surface area contributed by atoms with Gasteiger partial charge in [0.15, 0.2) is 0 Å². The maximum atomic E-state index is 10.3. The van der Waals surface area contributed by atoms with E-state index in [0.29, 0.717) is 5.92 Å². The van der Waals surface area contributed by atoms with Gasteiger partial charge in [0.25, 0.3) is 0 Å². The fraction of sp³-hybridized carbons (Fsp3) is 0.688. The highest BCUT2D eigenvalue weighted by Gasteiger charge is 2.26. The zero-order valence-corrected chi connectivity index (χ0v) is 12.1. The number of aromatic nitrogens is 1. The van der Waals surface area contributed by atoms with Crippen LogP contribution in [0.1, 0.15) is 25.7 Å². The third-order valence-corrected chi connectivity index (χ3v) is 4.73. The van der Waals surface area contributed by atoms with E-state index >= 15 is 0 Å². The number of hydrogen-bond acceptors (Lipinski definition) is 4. The molecule has 1 aromatic heterocycles. The van der Waals surface area contributed by atoms with Gasteiger partial charge >= 0.3 is 0 Å². The molecule has 0 aromatic carbocycles. The van der Waals surface area contributed by atoms with E-state index in [9.17, 15) is 5.11 Å². The average Bonchev–Trinajstić information content (AvgIpc) is 3.03. The molecule has 2 heterocycles. The molecular weight excluding hydrogens is 250 g/mol. The monoisotopic (exact) mass is 275 g/mol. The van der Waals surface area contributed by atoms with Crippen LogP contribution in [-0.4, -0.2) is 53.8 Å². The van der Waals surface area contributed by atoms with Crippen LogP contribution in [0.5, 0.6) is 0 Å². The number of aliphatic hydroxyl groups is 1. The fourth-order valence-electron chi connectivity index (χ4n) is 3.46. The van der Waals surface area contributed by atoms with Crippen molar-refractivity contribution in [1.29, 1.82) is 0 Å². The van der Waals surface area contributed by atoms with Gasteiger partial charge < -0.3 is 10.0 Å². The van der Waals surface area contributed by atoms with Gasteiger partial charge in [-0.3, -0.25) is 4.90 Å². The summed E-state index contributed by atoms with van der Waals surface area (Å²) < 4.78 is 0. The maximum Gasteiger partial charge on any atom is 0.128 e. The lowest BCUT2D eigenvalue weighted by Gasteiger charge is -2.37. The summed E-state index contributed by atoms with van der Waals surface area (Å²) in [4.78, 5) is 9.15. The number of pyridine rings is 1. The highest BCUT2D eigenvalue weighted by Crippen LogP contribution is 2.28. The van der Waals surface area contributed by atoms with Crippen LogP contribution < -0.4 is 4.90 Å². The van der Waals surface area contributed by atoms with Crippen LogP contribution in [0.25, 0.3) is 0 Å². The second kappa shape index (κ2) is 6.55. The van der Waals surface area contributed by atoms with Crippen LogP contribution >= 0.6 is 0 Å². The topological polar surface area (TPSA) is 39.6 Å². The Bertz CT molecular complexity index is 397. The van der Waals surface area contributed by atoms with Crippen LogP contribution in [0.2, 0.25) is 0 Å². The average molecular weight is 275 g/mol. The first kappa shape index (κ1) is 13.8. The van der Waals surface area contributed by atoms with E-state index in [1.54, 1.807) is 0 Å². The zero-order valence-electron chi connectivity index (χ0n) is 12.1. The highest BCUT2D eigenvalue weighted by atomic mass is 16.3. The largest absolute Gasteiger partial charge is 0.392 e. The highest BCUT2D eigenvalue weighted by molar-refractivity contribution is 5.38. The molecule has 2 aliphatic rings. The summed E-state index contributed by atoms with van der Waals surface area (Å²) in [6.07, 6.45) is 6.76. The number of nitrogens with zero attached hydrogens (tertiary/aromatic N) is 3. The molecule has 4 heteroatoms. The van der Waals surface area contributed by atoms with E-state index in [0.717, 1.165) is 38.5 Å². The van der Waals surface area contributed by atoms with Gasteiger partial charge in [-0.15, -0.1) is 0 Å². The van der Waals surface area contributed by atoms with Gasteiger partial charge in [0.1, 0.15) is 5.82 Å². The molecule has 1 atom stereocenters. The number of rotatable bonds is 4. The Balaban J connectivity index is 1.46. The van der Waals surface area contributed by atoms with Crippen molar-refractivity contribution >= 4 is 5.82 Å². The van der Waals surface area contributed by atoms with Crippen molar-refractivity contribution in [3.05, 3.63) is 24.4 Å². The summed E-state index contributed by atoms with van der Waals surface area (Å²) >= 11 is 0. The molecule has 110 valence electrons. The summed E-state index contributed by atoms with van der Waals surface area (Å²) in [7, 11) is 0. The molecule has 0 radical (unpaired) electrons. The summed E-state index contributed by atoms with van der Waals surface area (Å²) in [6, 6.07) is 6.07. The second-order valence-electron chi connectivity index (χ2n) is 6.09. The number of anilines is 1. The molecule has 1 aliphatic heterocycles. The van der Waals surface area contributed by atoms with Gasteiger partial charge in [-0.2, -0.15) is 0 Å². The van der Waals surface area contributed by atoms with E-state index in [-0.39, 0.29) is 6.10 Å². The number of hydrogen-bond donors (Lipinski definition) is 1. The van der Waals surface area contributed by atoms with Crippen LogP contribution in [-0.2, 0) is 0 Å². The van der Waals surface area contributed by atoms with Crippen LogP contribution in [0.15, 0.2) is 24.4 Å². The molecule has 1 aliphatic carbocycles. The van der Waals surface area contributed by atoms with Crippen molar-refractivity contribution < 1.29 is 5.11 Å². The van der Waals surface area contributed by atoms with Gasteiger partial charge in [0.2, 0.25) is 0 Å².